The molecule has 0 atom stereocenters. The average molecular weight is 174 g/mol. The van der Waals surface area contributed by atoms with Crippen molar-refractivity contribution in [3.8, 4) is 0 Å². The summed E-state index contributed by atoms with van der Waals surface area (Å²) in [5.74, 6) is -0.191. The summed E-state index contributed by atoms with van der Waals surface area (Å²) in [5.41, 5.74) is 0. The van der Waals surface area contributed by atoms with Crippen LogP contribution < -0.4 is 4.46 Å². The summed E-state index contributed by atoms with van der Waals surface area (Å²) < 4.78 is 13.0. The van der Waals surface area contributed by atoms with Crippen molar-refractivity contribution in [1.29, 1.82) is 0 Å². The minimum atomic E-state index is -0.191. The van der Waals surface area contributed by atoms with E-state index in [4.69, 9.17) is 0 Å². The van der Waals surface area contributed by atoms with Gasteiger partial charge in [0.25, 0.3) is 0 Å². The van der Waals surface area contributed by atoms with Crippen molar-refractivity contribution in [2.75, 3.05) is 0 Å². The van der Waals surface area contributed by atoms with Crippen molar-refractivity contribution >= 4 is 20.5 Å². The molecule has 0 N–H and O–H groups in total. The van der Waals surface area contributed by atoms with Gasteiger partial charge in [0.2, 0.25) is 0 Å². The van der Waals surface area contributed by atoms with E-state index in [-0.39, 0.29) is 5.82 Å². The zero-order valence-corrected chi connectivity index (χ0v) is 5.81. The Morgan fingerprint density at radius 1 is 1.12 bits per heavy atom. The maximum absolute atomic E-state index is 12.1. The molecule has 8 heavy (non-hydrogen) atoms. The van der Waals surface area contributed by atoms with Crippen LogP contribution in [0.25, 0.3) is 0 Å². The Kier molecular flexibility index (Phi) is 1.66. The summed E-state index contributed by atoms with van der Waals surface area (Å²) in [6, 6.07) is 6.22. The van der Waals surface area contributed by atoms with Crippen LogP contribution in [0.2, 0.25) is 0 Å². The van der Waals surface area contributed by atoms with Gasteiger partial charge in [0.1, 0.15) is 0 Å². The molecule has 0 unspecified atom stereocenters. The number of rotatable bonds is 0. The minimum absolute atomic E-state index is 0.191. The first-order valence-electron chi connectivity index (χ1n) is 2.21. The molecule has 0 aliphatic carbocycles. The molecule has 0 spiro atoms. The van der Waals surface area contributed by atoms with Gasteiger partial charge in [-0.1, -0.05) is 0 Å². The van der Waals surface area contributed by atoms with Gasteiger partial charge in [-0.2, -0.15) is 0 Å². The maximum atomic E-state index is 12.1. The van der Waals surface area contributed by atoms with E-state index in [1.165, 1.54) is 12.1 Å². The van der Waals surface area contributed by atoms with E-state index in [2.05, 4.69) is 16.0 Å². The van der Waals surface area contributed by atoms with E-state index in [0.29, 0.717) is 0 Å². The molecule has 0 fully saturated rings. The van der Waals surface area contributed by atoms with Gasteiger partial charge < -0.3 is 0 Å². The first-order chi connectivity index (χ1) is 3.79. The van der Waals surface area contributed by atoms with Crippen LogP contribution in [0.15, 0.2) is 24.3 Å². The predicted octanol–water partition coefficient (Wildman–Crippen LogP) is 0.619. The van der Waals surface area contributed by atoms with Gasteiger partial charge in [-0.15, -0.1) is 0 Å². The first-order valence-corrected chi connectivity index (χ1v) is 3.07. The quantitative estimate of drug-likeness (QED) is 0.506. The van der Waals surface area contributed by atoms with Crippen LogP contribution in [-0.4, -0.2) is 16.0 Å². The van der Waals surface area contributed by atoms with Gasteiger partial charge in [0.15, 0.2) is 0 Å². The Bertz CT molecular complexity index is 147. The zero-order chi connectivity index (χ0) is 5.98. The van der Waals surface area contributed by atoms with E-state index in [1.54, 1.807) is 12.1 Å². The number of hydrogen-bond donors (Lipinski definition) is 0. The topological polar surface area (TPSA) is 0 Å². The Balaban J connectivity index is 3.03. The second kappa shape index (κ2) is 2.29. The van der Waals surface area contributed by atoms with Crippen molar-refractivity contribution in [3.63, 3.8) is 0 Å². The molecule has 0 amide bonds. The summed E-state index contributed by atoms with van der Waals surface area (Å²) in [7, 11) is 0. The number of benzene rings is 1. The molecular formula is C6H4FSe-. The molecule has 1 aromatic carbocycles. The van der Waals surface area contributed by atoms with Crippen LogP contribution in [0, 0.1) is 5.82 Å². The SMILES string of the molecule is Fc1ccc([Se-])cc1. The molecule has 2 heteroatoms. The third-order valence-corrected chi connectivity index (χ3v) is 1.38. The van der Waals surface area contributed by atoms with E-state index in [1.807, 2.05) is 0 Å². The fraction of sp³-hybridized carbons (Fsp3) is 0. The van der Waals surface area contributed by atoms with Crippen LogP contribution in [0.3, 0.4) is 0 Å². The van der Waals surface area contributed by atoms with Gasteiger partial charge in [-0.3, -0.25) is 0 Å². The summed E-state index contributed by atoms with van der Waals surface area (Å²) >= 11 is 2.76. The van der Waals surface area contributed by atoms with E-state index < -0.39 is 0 Å². The molecule has 0 aliphatic rings. The Hall–Kier alpha value is -0.331. The fourth-order valence-electron chi connectivity index (χ4n) is 0.435. The summed E-state index contributed by atoms with van der Waals surface area (Å²) in [6.07, 6.45) is 0. The van der Waals surface area contributed by atoms with E-state index in [9.17, 15) is 4.39 Å². The Morgan fingerprint density at radius 3 is 2.00 bits per heavy atom. The van der Waals surface area contributed by atoms with Crippen molar-refractivity contribution in [2.24, 2.45) is 0 Å². The molecule has 1 rings (SSSR count). The van der Waals surface area contributed by atoms with Gasteiger partial charge in [0.05, 0.1) is 0 Å². The van der Waals surface area contributed by atoms with E-state index >= 15 is 0 Å². The molecule has 0 heterocycles. The Labute approximate surface area is 55.5 Å². The fourth-order valence-corrected chi connectivity index (χ4v) is 0.720. The molecule has 42 valence electrons. The van der Waals surface area contributed by atoms with Crippen molar-refractivity contribution < 1.29 is 4.39 Å². The number of hydrogen-bond acceptors (Lipinski definition) is 0. The number of halogens is 1. The summed E-state index contributed by atoms with van der Waals surface area (Å²) in [4.78, 5) is 0. The molecule has 0 nitrogen and oxygen atoms in total. The van der Waals surface area contributed by atoms with E-state index in [0.717, 1.165) is 4.46 Å². The van der Waals surface area contributed by atoms with Gasteiger partial charge >= 0.3 is 54.9 Å². The molecule has 0 radical (unpaired) electrons. The van der Waals surface area contributed by atoms with Gasteiger partial charge in [0, 0.05) is 0 Å². The van der Waals surface area contributed by atoms with Gasteiger partial charge in [-0.05, 0) is 0 Å². The molecular weight excluding hydrogens is 170 g/mol. The van der Waals surface area contributed by atoms with Crippen molar-refractivity contribution in [2.45, 2.75) is 0 Å². The molecule has 0 saturated carbocycles. The van der Waals surface area contributed by atoms with Crippen LogP contribution >= 0.6 is 0 Å². The van der Waals surface area contributed by atoms with Crippen LogP contribution in [0.4, 0.5) is 4.39 Å². The molecule has 0 aliphatic heterocycles. The molecule has 0 bridgehead atoms. The van der Waals surface area contributed by atoms with Crippen LogP contribution in [-0.2, 0) is 0 Å². The second-order valence-corrected chi connectivity index (χ2v) is 2.44. The van der Waals surface area contributed by atoms with Crippen LogP contribution in [0.5, 0.6) is 0 Å². The standard InChI is InChI=1S/C6H5FSe/c7-5-1-3-6(8)4-2-5/h1-4,8H/p-1. The van der Waals surface area contributed by atoms with Crippen molar-refractivity contribution in [1.82, 2.24) is 0 Å². The summed E-state index contributed by atoms with van der Waals surface area (Å²) in [6.45, 7) is 0. The second-order valence-electron chi connectivity index (χ2n) is 1.45. The zero-order valence-electron chi connectivity index (χ0n) is 4.10. The van der Waals surface area contributed by atoms with Gasteiger partial charge in [-0.25, -0.2) is 0 Å². The Morgan fingerprint density at radius 2 is 1.62 bits per heavy atom. The molecule has 0 saturated heterocycles. The normalized spacial score (nSPS) is 9.12. The molecule has 1 aromatic rings. The third kappa shape index (κ3) is 1.32. The average Bonchev–Trinajstić information content (AvgIpc) is 1.77. The first kappa shape index (κ1) is 5.80. The van der Waals surface area contributed by atoms with Crippen LogP contribution in [0.1, 0.15) is 0 Å². The molecule has 0 aromatic heterocycles. The predicted molar refractivity (Wildman–Crippen MR) is 31.8 cm³/mol. The third-order valence-electron chi connectivity index (χ3n) is 0.814. The monoisotopic (exact) mass is 175 g/mol. The summed E-state index contributed by atoms with van der Waals surface area (Å²) in [5, 5.41) is 0. The van der Waals surface area contributed by atoms with Crippen molar-refractivity contribution in [3.05, 3.63) is 30.1 Å².